The van der Waals surface area contributed by atoms with Gasteiger partial charge in [0.25, 0.3) is 5.91 Å². The van der Waals surface area contributed by atoms with E-state index in [-0.39, 0.29) is 17.6 Å². The number of rotatable bonds is 1. The Bertz CT molecular complexity index is 377. The van der Waals surface area contributed by atoms with E-state index in [1.165, 1.54) is 11.5 Å². The summed E-state index contributed by atoms with van der Waals surface area (Å²) in [6, 6.07) is 0. The molecule has 1 unspecified atom stereocenters. The molecule has 88 valence electrons. The highest BCUT2D eigenvalue weighted by molar-refractivity contribution is 7.03. The molecule has 1 saturated heterocycles. The van der Waals surface area contributed by atoms with Crippen LogP contribution in [0.2, 0.25) is 0 Å². The summed E-state index contributed by atoms with van der Waals surface area (Å²) in [5.74, 6) is -0.0584. The molecule has 2 rings (SSSR count). The molecule has 16 heavy (non-hydrogen) atoms. The Kier molecular flexibility index (Phi) is 2.94. The van der Waals surface area contributed by atoms with Crippen molar-refractivity contribution >= 4 is 17.4 Å². The number of morpholine rings is 1. The first-order chi connectivity index (χ1) is 7.48. The number of carbonyl (C=O) groups is 1. The summed E-state index contributed by atoms with van der Waals surface area (Å²) in [6.45, 7) is 7.15. The van der Waals surface area contributed by atoms with Gasteiger partial charge in [0.2, 0.25) is 0 Å². The quantitative estimate of drug-likeness (QED) is 0.741. The number of aromatic nitrogens is 2. The number of carbonyl (C=O) groups excluding carboxylic acids is 1. The third-order valence-electron chi connectivity index (χ3n) is 2.44. The summed E-state index contributed by atoms with van der Waals surface area (Å²) in [4.78, 5) is 13.9. The summed E-state index contributed by atoms with van der Waals surface area (Å²) in [5, 5.41) is 5.48. The zero-order valence-corrected chi connectivity index (χ0v) is 10.5. The van der Waals surface area contributed by atoms with Crippen LogP contribution in [0.3, 0.4) is 0 Å². The summed E-state index contributed by atoms with van der Waals surface area (Å²) in [6.07, 6.45) is 0.0549. The zero-order chi connectivity index (χ0) is 11.8. The minimum absolute atomic E-state index is 0.0549. The fourth-order valence-corrected chi connectivity index (χ4v) is 2.46. The predicted molar refractivity (Wildman–Crippen MR) is 60.4 cm³/mol. The van der Waals surface area contributed by atoms with E-state index in [0.717, 1.165) is 0 Å². The van der Waals surface area contributed by atoms with Crippen LogP contribution in [0.4, 0.5) is 0 Å². The fraction of sp³-hybridized carbons (Fsp3) is 0.700. The third-order valence-corrected chi connectivity index (χ3v) is 2.94. The number of hydrogen-bond donors (Lipinski definition) is 0. The topological polar surface area (TPSA) is 55.3 Å². The van der Waals surface area contributed by atoms with Crippen LogP contribution in [0.25, 0.3) is 0 Å². The van der Waals surface area contributed by atoms with Crippen LogP contribution in [0, 0.1) is 0 Å². The highest BCUT2D eigenvalue weighted by Crippen LogP contribution is 2.21. The summed E-state index contributed by atoms with van der Waals surface area (Å²) >= 11 is 1.19. The summed E-state index contributed by atoms with van der Waals surface area (Å²) in [7, 11) is 0. The Morgan fingerprint density at radius 3 is 3.00 bits per heavy atom. The van der Waals surface area contributed by atoms with Gasteiger partial charge in [0.1, 0.15) is 0 Å². The lowest BCUT2D eigenvalue weighted by molar-refractivity contribution is -0.118. The van der Waals surface area contributed by atoms with Crippen molar-refractivity contribution in [1.29, 1.82) is 0 Å². The number of amides is 1. The molecule has 6 heteroatoms. The molecule has 5 nitrogen and oxygen atoms in total. The maximum absolute atomic E-state index is 12.1. The van der Waals surface area contributed by atoms with E-state index in [9.17, 15) is 4.79 Å². The van der Waals surface area contributed by atoms with Gasteiger partial charge in [-0.3, -0.25) is 4.79 Å². The molecule has 1 fully saturated rings. The minimum Gasteiger partial charge on any atom is -0.369 e. The Labute approximate surface area is 98.6 Å². The lowest BCUT2D eigenvalue weighted by Gasteiger charge is -2.41. The highest BCUT2D eigenvalue weighted by atomic mass is 32.1. The monoisotopic (exact) mass is 241 g/mol. The molecule has 1 aliphatic rings. The smallest absolute Gasteiger partial charge is 0.275 e. The maximum Gasteiger partial charge on any atom is 0.275 e. The molecule has 1 aromatic rings. The van der Waals surface area contributed by atoms with Gasteiger partial charge < -0.3 is 9.64 Å². The Balaban J connectivity index is 2.12. The number of ether oxygens (including phenoxy) is 1. The van der Waals surface area contributed by atoms with Crippen molar-refractivity contribution in [3.63, 3.8) is 0 Å². The number of hydrogen-bond acceptors (Lipinski definition) is 5. The van der Waals surface area contributed by atoms with Crippen molar-refractivity contribution in [3.05, 3.63) is 11.1 Å². The van der Waals surface area contributed by atoms with Crippen molar-refractivity contribution in [2.75, 3.05) is 13.1 Å². The van der Waals surface area contributed by atoms with Crippen LogP contribution < -0.4 is 0 Å². The zero-order valence-electron chi connectivity index (χ0n) is 9.64. The van der Waals surface area contributed by atoms with E-state index in [1.54, 1.807) is 10.3 Å². The van der Waals surface area contributed by atoms with Gasteiger partial charge >= 0.3 is 0 Å². The van der Waals surface area contributed by atoms with Crippen LogP contribution in [0.15, 0.2) is 5.38 Å². The minimum atomic E-state index is -0.295. The summed E-state index contributed by atoms with van der Waals surface area (Å²) < 4.78 is 9.45. The molecule has 0 aromatic carbocycles. The van der Waals surface area contributed by atoms with Crippen molar-refractivity contribution in [2.45, 2.75) is 32.5 Å². The van der Waals surface area contributed by atoms with Crippen molar-refractivity contribution < 1.29 is 9.53 Å². The first kappa shape index (κ1) is 11.5. The van der Waals surface area contributed by atoms with Crippen molar-refractivity contribution in [1.82, 2.24) is 14.5 Å². The molecule has 0 radical (unpaired) electrons. The van der Waals surface area contributed by atoms with Crippen LogP contribution in [0.5, 0.6) is 0 Å². The average Bonchev–Trinajstić information content (AvgIpc) is 2.65. The first-order valence-corrected chi connectivity index (χ1v) is 6.06. The van der Waals surface area contributed by atoms with Crippen LogP contribution in [0.1, 0.15) is 31.3 Å². The van der Waals surface area contributed by atoms with Crippen molar-refractivity contribution in [3.8, 4) is 0 Å². The SMILES string of the molecule is CC1CN(C(=O)c2csnn2)CC(C)(C)O1. The Hall–Kier alpha value is -1.01. The van der Waals surface area contributed by atoms with Gasteiger partial charge in [0.05, 0.1) is 11.7 Å². The summed E-state index contributed by atoms with van der Waals surface area (Å²) in [5.41, 5.74) is 0.131. The van der Waals surface area contributed by atoms with Gasteiger partial charge in [-0.05, 0) is 32.3 Å². The van der Waals surface area contributed by atoms with E-state index in [0.29, 0.717) is 18.8 Å². The molecule has 0 aliphatic carbocycles. The van der Waals surface area contributed by atoms with Gasteiger partial charge in [-0.25, -0.2) is 0 Å². The lowest BCUT2D eigenvalue weighted by atomic mass is 10.1. The van der Waals surface area contributed by atoms with Crippen LogP contribution in [-0.4, -0.2) is 45.2 Å². The van der Waals surface area contributed by atoms with Gasteiger partial charge in [-0.2, -0.15) is 0 Å². The Morgan fingerprint density at radius 1 is 1.69 bits per heavy atom. The molecule has 0 bridgehead atoms. The van der Waals surface area contributed by atoms with E-state index < -0.39 is 0 Å². The largest absolute Gasteiger partial charge is 0.369 e. The number of nitrogens with zero attached hydrogens (tertiary/aromatic N) is 3. The predicted octanol–water partition coefficient (Wildman–Crippen LogP) is 1.18. The molecule has 0 spiro atoms. The molecule has 0 saturated carbocycles. The van der Waals surface area contributed by atoms with Gasteiger partial charge in [-0.15, -0.1) is 5.10 Å². The highest BCUT2D eigenvalue weighted by Gasteiger charge is 2.34. The molecule has 1 atom stereocenters. The fourth-order valence-electron chi connectivity index (χ4n) is 2.03. The lowest BCUT2D eigenvalue weighted by Crippen LogP contribution is -2.53. The molecule has 1 amide bonds. The molecule has 1 aliphatic heterocycles. The van der Waals surface area contributed by atoms with Crippen molar-refractivity contribution in [2.24, 2.45) is 0 Å². The second-order valence-electron chi connectivity index (χ2n) is 4.66. The molecular weight excluding hydrogens is 226 g/mol. The first-order valence-electron chi connectivity index (χ1n) is 5.22. The third kappa shape index (κ3) is 2.38. The molecule has 2 heterocycles. The van der Waals surface area contributed by atoms with Gasteiger partial charge in [0.15, 0.2) is 5.69 Å². The molecular formula is C10H15N3O2S. The van der Waals surface area contributed by atoms with Gasteiger partial charge in [0, 0.05) is 18.5 Å². The Morgan fingerprint density at radius 2 is 2.44 bits per heavy atom. The molecule has 0 N–H and O–H groups in total. The van der Waals surface area contributed by atoms with Crippen LogP contribution >= 0.6 is 11.5 Å². The average molecular weight is 241 g/mol. The second kappa shape index (κ2) is 4.10. The standard InChI is InChI=1S/C10H15N3O2S/c1-7-4-13(6-10(2,3)15-7)9(14)8-5-16-12-11-8/h5,7H,4,6H2,1-3H3. The molecule has 1 aromatic heterocycles. The van der Waals surface area contributed by atoms with Crippen LogP contribution in [-0.2, 0) is 4.74 Å². The second-order valence-corrected chi connectivity index (χ2v) is 5.27. The maximum atomic E-state index is 12.1. The van der Waals surface area contributed by atoms with Gasteiger partial charge in [-0.1, -0.05) is 4.49 Å². The van der Waals surface area contributed by atoms with E-state index in [1.807, 2.05) is 20.8 Å². The van der Waals surface area contributed by atoms with E-state index in [2.05, 4.69) is 9.59 Å². The van der Waals surface area contributed by atoms with E-state index in [4.69, 9.17) is 4.74 Å². The normalized spacial score (nSPS) is 24.4. The van der Waals surface area contributed by atoms with E-state index >= 15 is 0 Å².